The number of rotatable bonds is 3. The Kier molecular flexibility index (Phi) is 3.58. The summed E-state index contributed by atoms with van der Waals surface area (Å²) in [5, 5.41) is 13.8. The molecule has 5 heteroatoms. The number of para-hydroxylation sites is 1. The van der Waals surface area contributed by atoms with Crippen molar-refractivity contribution in [2.75, 3.05) is 0 Å². The maximum absolute atomic E-state index is 11.4. The Morgan fingerprint density at radius 3 is 2.33 bits per heavy atom. The van der Waals surface area contributed by atoms with Crippen LogP contribution in [0.2, 0.25) is 0 Å². The summed E-state index contributed by atoms with van der Waals surface area (Å²) in [5.74, 6) is -1.00. The zero-order chi connectivity index (χ0) is 14.8. The molecule has 0 saturated carbocycles. The third-order valence-corrected chi connectivity index (χ3v) is 3.60. The van der Waals surface area contributed by atoms with Crippen molar-refractivity contribution < 1.29 is 9.90 Å². The third kappa shape index (κ3) is 2.73. The van der Waals surface area contributed by atoms with Gasteiger partial charge in [-0.25, -0.2) is 9.48 Å². The second kappa shape index (κ2) is 5.54. The van der Waals surface area contributed by atoms with Crippen molar-refractivity contribution in [3.05, 3.63) is 70.8 Å². The van der Waals surface area contributed by atoms with E-state index in [1.807, 2.05) is 54.6 Å². The van der Waals surface area contributed by atoms with Crippen LogP contribution < -0.4 is 0 Å². The highest BCUT2D eigenvalue weighted by Gasteiger charge is 2.16. The molecule has 0 amide bonds. The highest BCUT2D eigenvalue weighted by Crippen LogP contribution is 2.23. The molecule has 1 N–H and O–H groups in total. The van der Waals surface area contributed by atoms with Crippen LogP contribution in [0.5, 0.6) is 0 Å². The van der Waals surface area contributed by atoms with E-state index in [9.17, 15) is 9.90 Å². The Labute approximate surface area is 129 Å². The lowest BCUT2D eigenvalue weighted by Gasteiger charge is -2.03. The van der Waals surface area contributed by atoms with Crippen molar-refractivity contribution in [3.63, 3.8) is 0 Å². The lowest BCUT2D eigenvalue weighted by molar-refractivity contribution is 0.0687. The number of aromatic carboxylic acids is 1. The number of benzene rings is 2. The molecule has 0 unspecified atom stereocenters. The molecule has 0 spiro atoms. The molecule has 0 aliphatic rings. The molecule has 0 aliphatic carbocycles. The second-order valence-electron chi connectivity index (χ2n) is 4.47. The molecule has 104 valence electrons. The third-order valence-electron chi connectivity index (χ3n) is 3.07. The lowest BCUT2D eigenvalue weighted by atomic mass is 10.1. The van der Waals surface area contributed by atoms with E-state index in [4.69, 9.17) is 0 Å². The summed E-state index contributed by atoms with van der Waals surface area (Å²) >= 11 is 3.38. The van der Waals surface area contributed by atoms with Crippen LogP contribution >= 0.6 is 15.9 Å². The maximum Gasteiger partial charge on any atom is 0.354 e. The van der Waals surface area contributed by atoms with Gasteiger partial charge in [-0.1, -0.05) is 46.3 Å². The Bertz CT molecular complexity index is 780. The van der Waals surface area contributed by atoms with Crippen molar-refractivity contribution in [3.8, 4) is 16.9 Å². The predicted molar refractivity (Wildman–Crippen MR) is 83.7 cm³/mol. The van der Waals surface area contributed by atoms with Gasteiger partial charge in [0.1, 0.15) is 0 Å². The summed E-state index contributed by atoms with van der Waals surface area (Å²) < 4.78 is 2.41. The molecule has 4 nitrogen and oxygen atoms in total. The number of nitrogens with zero attached hydrogens (tertiary/aromatic N) is 2. The monoisotopic (exact) mass is 342 g/mol. The summed E-state index contributed by atoms with van der Waals surface area (Å²) in [4.78, 5) is 11.4. The van der Waals surface area contributed by atoms with Gasteiger partial charge in [0.15, 0.2) is 5.69 Å². The fourth-order valence-electron chi connectivity index (χ4n) is 2.06. The molecule has 21 heavy (non-hydrogen) atoms. The van der Waals surface area contributed by atoms with Gasteiger partial charge in [-0.05, 0) is 30.3 Å². The number of halogens is 1. The van der Waals surface area contributed by atoms with Gasteiger partial charge in [0.2, 0.25) is 0 Å². The molecule has 1 heterocycles. The van der Waals surface area contributed by atoms with Gasteiger partial charge in [-0.2, -0.15) is 5.10 Å². The zero-order valence-electron chi connectivity index (χ0n) is 10.9. The van der Waals surface area contributed by atoms with E-state index >= 15 is 0 Å². The van der Waals surface area contributed by atoms with Crippen molar-refractivity contribution in [2.24, 2.45) is 0 Å². The summed E-state index contributed by atoms with van der Waals surface area (Å²) in [6.45, 7) is 0. The molecule has 0 radical (unpaired) electrons. The topological polar surface area (TPSA) is 55.1 Å². The van der Waals surface area contributed by atoms with E-state index in [1.165, 1.54) is 4.68 Å². The first-order valence-electron chi connectivity index (χ1n) is 6.30. The van der Waals surface area contributed by atoms with Crippen molar-refractivity contribution >= 4 is 21.9 Å². The molecular weight excluding hydrogens is 332 g/mol. The molecule has 0 saturated heterocycles. The first kappa shape index (κ1) is 13.6. The average Bonchev–Trinajstić information content (AvgIpc) is 2.94. The largest absolute Gasteiger partial charge is 0.477 e. The number of hydrogen-bond acceptors (Lipinski definition) is 2. The average molecular weight is 343 g/mol. The molecule has 2 aromatic carbocycles. The van der Waals surface area contributed by atoms with Gasteiger partial charge in [-0.3, -0.25) is 0 Å². The fraction of sp³-hybridized carbons (Fsp3) is 0. The summed E-state index contributed by atoms with van der Waals surface area (Å²) in [5.41, 5.74) is 2.36. The van der Waals surface area contributed by atoms with E-state index in [-0.39, 0.29) is 5.69 Å². The molecule has 0 atom stereocenters. The van der Waals surface area contributed by atoms with Crippen LogP contribution in [0.4, 0.5) is 0 Å². The van der Waals surface area contributed by atoms with Crippen molar-refractivity contribution in [1.82, 2.24) is 9.78 Å². The van der Waals surface area contributed by atoms with E-state index in [1.54, 1.807) is 6.07 Å². The van der Waals surface area contributed by atoms with Crippen LogP contribution in [-0.2, 0) is 0 Å². The van der Waals surface area contributed by atoms with Crippen LogP contribution in [0.15, 0.2) is 65.1 Å². The quantitative estimate of drug-likeness (QED) is 0.782. The second-order valence-corrected chi connectivity index (χ2v) is 5.39. The van der Waals surface area contributed by atoms with Crippen molar-refractivity contribution in [2.45, 2.75) is 0 Å². The highest BCUT2D eigenvalue weighted by atomic mass is 79.9. The van der Waals surface area contributed by atoms with E-state index in [2.05, 4.69) is 21.0 Å². The molecule has 0 aliphatic heterocycles. The molecule has 3 aromatic rings. The van der Waals surface area contributed by atoms with Crippen molar-refractivity contribution in [1.29, 1.82) is 0 Å². The Morgan fingerprint density at radius 1 is 1.05 bits per heavy atom. The minimum Gasteiger partial charge on any atom is -0.477 e. The van der Waals surface area contributed by atoms with Crippen LogP contribution in [0.3, 0.4) is 0 Å². The number of hydrogen-bond donors (Lipinski definition) is 1. The van der Waals surface area contributed by atoms with Gasteiger partial charge in [0, 0.05) is 10.0 Å². The van der Waals surface area contributed by atoms with Gasteiger partial charge >= 0.3 is 5.97 Å². The molecular formula is C16H11BrN2O2. The predicted octanol–water partition coefficient (Wildman–Crippen LogP) is 4.00. The summed E-state index contributed by atoms with van der Waals surface area (Å²) in [7, 11) is 0. The lowest BCUT2D eigenvalue weighted by Crippen LogP contribution is -2.07. The van der Waals surface area contributed by atoms with E-state index < -0.39 is 5.97 Å². The number of carboxylic acid groups (broad SMARTS) is 1. The Hall–Kier alpha value is -2.40. The van der Waals surface area contributed by atoms with Crippen LogP contribution in [0, 0.1) is 0 Å². The minimum absolute atomic E-state index is 0.138. The number of aromatic nitrogens is 2. The normalized spacial score (nSPS) is 10.5. The highest BCUT2D eigenvalue weighted by molar-refractivity contribution is 9.10. The van der Waals surface area contributed by atoms with E-state index in [0.29, 0.717) is 5.69 Å². The van der Waals surface area contributed by atoms with Crippen LogP contribution in [0.1, 0.15) is 10.5 Å². The smallest absolute Gasteiger partial charge is 0.354 e. The van der Waals surface area contributed by atoms with E-state index in [0.717, 1.165) is 15.7 Å². The van der Waals surface area contributed by atoms with Gasteiger partial charge in [0.05, 0.1) is 11.4 Å². The maximum atomic E-state index is 11.4. The first-order chi connectivity index (χ1) is 10.1. The SMILES string of the molecule is O=C(O)c1cc(-c2ccc(Br)cc2)nn1-c1ccccc1. The van der Waals surface area contributed by atoms with Gasteiger partial charge < -0.3 is 5.11 Å². The molecule has 0 fully saturated rings. The number of carboxylic acids is 1. The molecule has 1 aromatic heterocycles. The number of carbonyl (C=O) groups is 1. The Morgan fingerprint density at radius 2 is 1.71 bits per heavy atom. The van der Waals surface area contributed by atoms with Gasteiger partial charge in [-0.15, -0.1) is 0 Å². The fourth-order valence-corrected chi connectivity index (χ4v) is 2.33. The molecule has 3 rings (SSSR count). The van der Waals surface area contributed by atoms with Crippen LogP contribution in [0.25, 0.3) is 16.9 Å². The first-order valence-corrected chi connectivity index (χ1v) is 7.09. The summed E-state index contributed by atoms with van der Waals surface area (Å²) in [6.07, 6.45) is 0. The molecule has 0 bridgehead atoms. The van der Waals surface area contributed by atoms with Crippen LogP contribution in [-0.4, -0.2) is 20.9 Å². The zero-order valence-corrected chi connectivity index (χ0v) is 12.5. The standard InChI is InChI=1S/C16H11BrN2O2/c17-12-8-6-11(7-9-12)14-10-15(16(20)21)19(18-14)13-4-2-1-3-5-13/h1-10H,(H,20,21). The Balaban J connectivity index is 2.13. The minimum atomic E-state index is -1.00. The van der Waals surface area contributed by atoms with Gasteiger partial charge in [0.25, 0.3) is 0 Å². The summed E-state index contributed by atoms with van der Waals surface area (Å²) in [6, 6.07) is 18.4.